The van der Waals surface area contributed by atoms with Gasteiger partial charge in [0, 0.05) is 25.6 Å². The summed E-state index contributed by atoms with van der Waals surface area (Å²) >= 11 is 5.86. The Labute approximate surface area is 111 Å². The minimum Gasteiger partial charge on any atom is -0.461 e. The third kappa shape index (κ3) is 3.20. The highest BCUT2D eigenvalue weighted by atomic mass is 35.5. The van der Waals surface area contributed by atoms with Gasteiger partial charge in [0.1, 0.15) is 0 Å². The quantitative estimate of drug-likeness (QED) is 0.886. The number of anilines is 1. The molecule has 1 aromatic heterocycles. The maximum Gasteiger partial charge on any atom is 0.322 e. The second-order valence-electron chi connectivity index (χ2n) is 4.64. The molecule has 0 bridgehead atoms. The van der Waals surface area contributed by atoms with E-state index in [0.29, 0.717) is 5.95 Å². The summed E-state index contributed by atoms with van der Waals surface area (Å²) in [5.74, 6) is 0.789. The van der Waals surface area contributed by atoms with Gasteiger partial charge in [-0.3, -0.25) is 0 Å². The second kappa shape index (κ2) is 5.67. The van der Waals surface area contributed by atoms with E-state index in [1.165, 1.54) is 0 Å². The van der Waals surface area contributed by atoms with Gasteiger partial charge in [-0.25, -0.2) is 0 Å². The molecule has 0 aliphatic carbocycles. The standard InChI is InChI=1S/C11H17ClN4O2/c1-7(2)18-11-14-9(12)13-10(15-11)16-4-3-8(5-16)6-17/h7-8,17H,3-6H2,1-2H3. The predicted octanol–water partition coefficient (Wildman–Crippen LogP) is 1.13. The van der Waals surface area contributed by atoms with Crippen molar-refractivity contribution in [2.24, 2.45) is 5.92 Å². The highest BCUT2D eigenvalue weighted by Gasteiger charge is 2.24. The number of hydrogen-bond acceptors (Lipinski definition) is 6. The number of aromatic nitrogens is 3. The van der Waals surface area contributed by atoms with Gasteiger partial charge in [0.15, 0.2) is 0 Å². The molecule has 2 rings (SSSR count). The smallest absolute Gasteiger partial charge is 0.322 e. The lowest BCUT2D eigenvalue weighted by Crippen LogP contribution is -2.23. The molecule has 0 saturated carbocycles. The van der Waals surface area contributed by atoms with E-state index >= 15 is 0 Å². The Kier molecular flexibility index (Phi) is 4.19. The van der Waals surface area contributed by atoms with Crippen molar-refractivity contribution in [3.8, 4) is 6.01 Å². The Hall–Kier alpha value is -1.14. The predicted molar refractivity (Wildman–Crippen MR) is 68.0 cm³/mol. The molecular weight excluding hydrogens is 256 g/mol. The molecule has 18 heavy (non-hydrogen) atoms. The third-order valence-electron chi connectivity index (χ3n) is 2.74. The SMILES string of the molecule is CC(C)Oc1nc(Cl)nc(N2CCC(CO)C2)n1. The molecule has 1 atom stereocenters. The zero-order valence-electron chi connectivity index (χ0n) is 10.5. The normalized spacial score (nSPS) is 19.6. The van der Waals surface area contributed by atoms with Gasteiger partial charge in [0.2, 0.25) is 11.2 Å². The van der Waals surface area contributed by atoms with Gasteiger partial charge in [-0.05, 0) is 31.9 Å². The minimum absolute atomic E-state index is 0.0138. The summed E-state index contributed by atoms with van der Waals surface area (Å²) < 4.78 is 5.43. The topological polar surface area (TPSA) is 71.4 Å². The Balaban J connectivity index is 2.15. The average Bonchev–Trinajstić information content (AvgIpc) is 2.75. The van der Waals surface area contributed by atoms with Crippen LogP contribution in [0.3, 0.4) is 0 Å². The number of hydrogen-bond donors (Lipinski definition) is 1. The van der Waals surface area contributed by atoms with E-state index in [-0.39, 0.29) is 29.9 Å². The van der Waals surface area contributed by atoms with Crippen LogP contribution in [0.2, 0.25) is 5.28 Å². The monoisotopic (exact) mass is 272 g/mol. The first-order chi connectivity index (χ1) is 8.58. The van der Waals surface area contributed by atoms with Gasteiger partial charge in [-0.1, -0.05) is 0 Å². The molecule has 0 spiro atoms. The summed E-state index contributed by atoms with van der Waals surface area (Å²) in [7, 11) is 0. The second-order valence-corrected chi connectivity index (χ2v) is 4.97. The molecule has 1 aromatic rings. The molecule has 0 aromatic carbocycles. The Morgan fingerprint density at radius 1 is 1.44 bits per heavy atom. The fraction of sp³-hybridized carbons (Fsp3) is 0.727. The Morgan fingerprint density at radius 2 is 2.22 bits per heavy atom. The van der Waals surface area contributed by atoms with Crippen molar-refractivity contribution >= 4 is 17.5 Å². The molecule has 0 radical (unpaired) electrons. The van der Waals surface area contributed by atoms with Crippen molar-refractivity contribution in [1.82, 2.24) is 15.0 Å². The van der Waals surface area contributed by atoms with Crippen LogP contribution in [0.15, 0.2) is 0 Å². The lowest BCUT2D eigenvalue weighted by atomic mass is 10.1. The summed E-state index contributed by atoms with van der Waals surface area (Å²) in [5, 5.41) is 9.26. The zero-order valence-corrected chi connectivity index (χ0v) is 11.3. The maximum absolute atomic E-state index is 9.13. The molecule has 1 fully saturated rings. The van der Waals surface area contributed by atoms with E-state index in [9.17, 15) is 0 Å². The van der Waals surface area contributed by atoms with Crippen LogP contribution in [0.1, 0.15) is 20.3 Å². The van der Waals surface area contributed by atoms with E-state index in [1.807, 2.05) is 18.7 Å². The molecular formula is C11H17ClN4O2. The summed E-state index contributed by atoms with van der Waals surface area (Å²) in [6, 6.07) is 0.243. The van der Waals surface area contributed by atoms with Crippen LogP contribution in [0.4, 0.5) is 5.95 Å². The van der Waals surface area contributed by atoms with E-state index in [0.717, 1.165) is 19.5 Å². The van der Waals surface area contributed by atoms with Gasteiger partial charge in [-0.15, -0.1) is 0 Å². The summed E-state index contributed by atoms with van der Waals surface area (Å²) in [4.78, 5) is 14.3. The van der Waals surface area contributed by atoms with E-state index in [4.69, 9.17) is 21.4 Å². The van der Waals surface area contributed by atoms with E-state index < -0.39 is 0 Å². The highest BCUT2D eigenvalue weighted by Crippen LogP contribution is 2.22. The first-order valence-electron chi connectivity index (χ1n) is 6.02. The molecule has 1 aliphatic heterocycles. The molecule has 7 heteroatoms. The van der Waals surface area contributed by atoms with Crippen molar-refractivity contribution in [2.45, 2.75) is 26.4 Å². The van der Waals surface area contributed by atoms with Crippen molar-refractivity contribution in [3.05, 3.63) is 5.28 Å². The number of rotatable bonds is 4. The van der Waals surface area contributed by atoms with Gasteiger partial charge >= 0.3 is 6.01 Å². The van der Waals surface area contributed by atoms with Gasteiger partial charge in [0.25, 0.3) is 0 Å². The van der Waals surface area contributed by atoms with Crippen molar-refractivity contribution in [3.63, 3.8) is 0 Å². The van der Waals surface area contributed by atoms with Gasteiger partial charge in [-0.2, -0.15) is 15.0 Å². The lowest BCUT2D eigenvalue weighted by Gasteiger charge is -2.17. The molecule has 1 N–H and O–H groups in total. The minimum atomic E-state index is -0.0138. The summed E-state index contributed by atoms with van der Waals surface area (Å²) in [6.45, 7) is 5.53. The molecule has 0 amide bonds. The summed E-state index contributed by atoms with van der Waals surface area (Å²) in [5.41, 5.74) is 0. The molecule has 1 aliphatic rings. The number of aliphatic hydroxyl groups is 1. The summed E-state index contributed by atoms with van der Waals surface area (Å²) in [6.07, 6.45) is 0.917. The number of nitrogens with zero attached hydrogens (tertiary/aromatic N) is 4. The van der Waals surface area contributed by atoms with Crippen LogP contribution < -0.4 is 9.64 Å². The fourth-order valence-electron chi connectivity index (χ4n) is 1.89. The van der Waals surface area contributed by atoms with E-state index in [1.54, 1.807) is 0 Å². The third-order valence-corrected chi connectivity index (χ3v) is 2.91. The van der Waals surface area contributed by atoms with Crippen molar-refractivity contribution in [1.29, 1.82) is 0 Å². The van der Waals surface area contributed by atoms with Crippen LogP contribution in [-0.2, 0) is 0 Å². The van der Waals surface area contributed by atoms with E-state index in [2.05, 4.69) is 15.0 Å². The Morgan fingerprint density at radius 3 is 2.83 bits per heavy atom. The van der Waals surface area contributed by atoms with Gasteiger partial charge in [0.05, 0.1) is 6.10 Å². The largest absolute Gasteiger partial charge is 0.461 e. The van der Waals surface area contributed by atoms with Crippen LogP contribution >= 0.6 is 11.6 Å². The number of ether oxygens (including phenoxy) is 1. The van der Waals surface area contributed by atoms with Crippen LogP contribution in [-0.4, -0.2) is 45.9 Å². The molecule has 1 saturated heterocycles. The number of halogens is 1. The average molecular weight is 273 g/mol. The first kappa shape index (κ1) is 13.3. The highest BCUT2D eigenvalue weighted by molar-refractivity contribution is 6.28. The van der Waals surface area contributed by atoms with Crippen LogP contribution in [0.25, 0.3) is 0 Å². The van der Waals surface area contributed by atoms with Gasteiger partial charge < -0.3 is 14.7 Å². The van der Waals surface area contributed by atoms with Crippen LogP contribution in [0.5, 0.6) is 6.01 Å². The van der Waals surface area contributed by atoms with Crippen molar-refractivity contribution < 1.29 is 9.84 Å². The molecule has 6 nitrogen and oxygen atoms in total. The molecule has 1 unspecified atom stereocenters. The number of aliphatic hydroxyl groups excluding tert-OH is 1. The first-order valence-corrected chi connectivity index (χ1v) is 6.40. The Bertz CT molecular complexity index is 416. The molecule has 100 valence electrons. The van der Waals surface area contributed by atoms with Crippen molar-refractivity contribution in [2.75, 3.05) is 24.6 Å². The molecule has 2 heterocycles. The zero-order chi connectivity index (χ0) is 13.1. The fourth-order valence-corrected chi connectivity index (χ4v) is 2.04. The maximum atomic E-state index is 9.13. The lowest BCUT2D eigenvalue weighted by molar-refractivity contribution is 0.221. The van der Waals surface area contributed by atoms with Crippen LogP contribution in [0, 0.1) is 5.92 Å².